The first-order chi connectivity index (χ1) is 17.2. The van der Waals surface area contributed by atoms with E-state index in [1.807, 2.05) is 22.8 Å². The number of hydrogen-bond acceptors (Lipinski definition) is 6. The number of carbonyl (C=O) groups is 2. The molecule has 1 saturated heterocycles. The lowest BCUT2D eigenvalue weighted by molar-refractivity contribution is -0.125. The van der Waals surface area contributed by atoms with Crippen molar-refractivity contribution in [3.05, 3.63) is 53.6 Å². The van der Waals surface area contributed by atoms with Gasteiger partial charge in [0.05, 0.1) is 28.6 Å². The number of anilines is 1. The van der Waals surface area contributed by atoms with E-state index in [2.05, 4.69) is 9.98 Å². The van der Waals surface area contributed by atoms with E-state index in [-0.39, 0.29) is 35.1 Å². The molecule has 2 aromatic carbocycles. The number of aliphatic hydroxyl groups excluding tert-OH is 1. The van der Waals surface area contributed by atoms with Crippen molar-refractivity contribution in [3.63, 3.8) is 0 Å². The minimum atomic E-state index is -3.47. The summed E-state index contributed by atoms with van der Waals surface area (Å²) in [6.45, 7) is 0.952. The lowest BCUT2D eigenvalue weighted by Crippen LogP contribution is -2.41. The Morgan fingerprint density at radius 1 is 1.14 bits per heavy atom. The van der Waals surface area contributed by atoms with Gasteiger partial charge in [-0.2, -0.15) is 4.99 Å². The minimum Gasteiger partial charge on any atom is -0.393 e. The molecule has 0 atom stereocenters. The third-order valence-electron chi connectivity index (χ3n) is 6.76. The van der Waals surface area contributed by atoms with Crippen LogP contribution >= 0.6 is 0 Å². The number of benzene rings is 2. The SMILES string of the molecule is CS(=O)(=O)c1cccc(C(=O)/N=c2\[nH]c3cc(N4CCOCC4=O)ccc3n2C2CCC(O)CC2)c1. The van der Waals surface area contributed by atoms with Crippen molar-refractivity contribution >= 4 is 38.4 Å². The zero-order valence-corrected chi connectivity index (χ0v) is 20.7. The van der Waals surface area contributed by atoms with E-state index in [4.69, 9.17) is 4.74 Å². The number of H-pyrrole nitrogens is 1. The normalized spacial score (nSPS) is 21.8. The van der Waals surface area contributed by atoms with Crippen LogP contribution in [0.4, 0.5) is 5.69 Å². The summed E-state index contributed by atoms with van der Waals surface area (Å²) in [4.78, 5) is 34.8. The number of nitrogens with zero attached hydrogens (tertiary/aromatic N) is 3. The van der Waals surface area contributed by atoms with Crippen molar-refractivity contribution in [2.24, 2.45) is 4.99 Å². The number of carbonyl (C=O) groups excluding carboxylic acids is 2. The molecule has 1 aromatic heterocycles. The number of aromatic nitrogens is 2. The van der Waals surface area contributed by atoms with Crippen LogP contribution in [0.25, 0.3) is 11.0 Å². The van der Waals surface area contributed by atoms with Gasteiger partial charge < -0.3 is 24.3 Å². The second kappa shape index (κ2) is 9.64. The van der Waals surface area contributed by atoms with Crippen LogP contribution in [0.2, 0.25) is 0 Å². The standard InChI is InChI=1S/C25H28N4O6S/c1-36(33,34)20-4-2-3-16(13-20)24(32)27-25-26-21-14-18(28-11-12-35-15-23(28)31)7-10-22(21)29(25)17-5-8-19(30)9-6-17/h2-4,7,10,13-14,17,19,30H,5-6,8-9,11-12,15H2,1H3,(H,26,27,32). The van der Waals surface area contributed by atoms with Gasteiger partial charge >= 0.3 is 0 Å². The molecule has 1 saturated carbocycles. The molecule has 0 spiro atoms. The minimum absolute atomic E-state index is 0.0203. The van der Waals surface area contributed by atoms with Crippen molar-refractivity contribution in [1.29, 1.82) is 0 Å². The number of hydrogen-bond donors (Lipinski definition) is 2. The fourth-order valence-electron chi connectivity index (χ4n) is 4.88. The number of sulfone groups is 1. The molecule has 36 heavy (non-hydrogen) atoms. The van der Waals surface area contributed by atoms with Crippen LogP contribution in [-0.2, 0) is 19.4 Å². The summed E-state index contributed by atoms with van der Waals surface area (Å²) in [7, 11) is -3.47. The first kappa shape index (κ1) is 24.4. The molecule has 1 aliphatic carbocycles. The summed E-state index contributed by atoms with van der Waals surface area (Å²) >= 11 is 0. The molecule has 2 heterocycles. The molecule has 0 unspecified atom stereocenters. The Morgan fingerprint density at radius 3 is 2.64 bits per heavy atom. The van der Waals surface area contributed by atoms with Gasteiger partial charge in [0.25, 0.3) is 11.8 Å². The number of fused-ring (bicyclic) bond motifs is 1. The number of ether oxygens (including phenoxy) is 1. The van der Waals surface area contributed by atoms with E-state index in [0.717, 1.165) is 30.3 Å². The van der Waals surface area contributed by atoms with Gasteiger partial charge in [0.2, 0.25) is 5.62 Å². The largest absolute Gasteiger partial charge is 0.393 e. The van der Waals surface area contributed by atoms with Crippen molar-refractivity contribution in [2.45, 2.75) is 42.7 Å². The molecule has 0 bridgehead atoms. The zero-order chi connectivity index (χ0) is 25.4. The van der Waals surface area contributed by atoms with Crippen LogP contribution < -0.4 is 10.5 Å². The van der Waals surface area contributed by atoms with Gasteiger partial charge in [-0.05, 0) is 62.1 Å². The van der Waals surface area contributed by atoms with Crippen LogP contribution in [0.15, 0.2) is 52.4 Å². The summed E-state index contributed by atoms with van der Waals surface area (Å²) in [5, 5.41) is 10.0. The average Bonchev–Trinajstić information content (AvgIpc) is 3.21. The van der Waals surface area contributed by atoms with E-state index >= 15 is 0 Å². The van der Waals surface area contributed by atoms with Crippen LogP contribution in [0.5, 0.6) is 0 Å². The molecular weight excluding hydrogens is 484 g/mol. The van der Waals surface area contributed by atoms with Crippen LogP contribution in [0.1, 0.15) is 42.1 Å². The van der Waals surface area contributed by atoms with Crippen LogP contribution in [0, 0.1) is 0 Å². The Morgan fingerprint density at radius 2 is 1.92 bits per heavy atom. The van der Waals surface area contributed by atoms with Gasteiger partial charge in [0.1, 0.15) is 6.61 Å². The van der Waals surface area contributed by atoms with Gasteiger partial charge in [-0.15, -0.1) is 0 Å². The van der Waals surface area contributed by atoms with Crippen molar-refractivity contribution in [3.8, 4) is 0 Å². The fraction of sp³-hybridized carbons (Fsp3) is 0.400. The van der Waals surface area contributed by atoms with E-state index in [9.17, 15) is 23.1 Å². The smallest absolute Gasteiger partial charge is 0.280 e. The molecule has 190 valence electrons. The highest BCUT2D eigenvalue weighted by Gasteiger charge is 2.25. The highest BCUT2D eigenvalue weighted by atomic mass is 32.2. The third-order valence-corrected chi connectivity index (χ3v) is 7.87. The van der Waals surface area contributed by atoms with E-state index in [1.165, 1.54) is 24.3 Å². The van der Waals surface area contributed by atoms with Gasteiger partial charge in [-0.25, -0.2) is 8.42 Å². The monoisotopic (exact) mass is 512 g/mol. The molecule has 0 radical (unpaired) electrons. The van der Waals surface area contributed by atoms with Crippen molar-refractivity contribution in [1.82, 2.24) is 9.55 Å². The Labute approximate surface area is 208 Å². The Balaban J connectivity index is 1.60. The Kier molecular flexibility index (Phi) is 6.54. The van der Waals surface area contributed by atoms with Gasteiger partial charge in [0.15, 0.2) is 9.84 Å². The molecule has 1 aliphatic heterocycles. The predicted molar refractivity (Wildman–Crippen MR) is 132 cm³/mol. The summed E-state index contributed by atoms with van der Waals surface area (Å²) in [6.07, 6.45) is 3.49. The maximum atomic E-state index is 13.1. The maximum Gasteiger partial charge on any atom is 0.280 e. The summed E-state index contributed by atoms with van der Waals surface area (Å²) in [5.41, 5.74) is 2.78. The van der Waals surface area contributed by atoms with E-state index < -0.39 is 15.7 Å². The molecule has 2 amide bonds. The van der Waals surface area contributed by atoms with Gasteiger partial charge in [0, 0.05) is 30.1 Å². The second-order valence-electron chi connectivity index (χ2n) is 9.30. The van der Waals surface area contributed by atoms with E-state index in [1.54, 1.807) is 4.90 Å². The van der Waals surface area contributed by atoms with Crippen LogP contribution in [-0.4, -0.2) is 67.0 Å². The number of morpholine rings is 1. The number of imidazole rings is 1. The fourth-order valence-corrected chi connectivity index (χ4v) is 5.54. The first-order valence-corrected chi connectivity index (χ1v) is 13.8. The summed E-state index contributed by atoms with van der Waals surface area (Å²) < 4.78 is 31.1. The summed E-state index contributed by atoms with van der Waals surface area (Å²) in [5.74, 6) is -0.688. The number of amides is 2. The molecule has 5 rings (SSSR count). The first-order valence-electron chi connectivity index (χ1n) is 11.9. The number of aliphatic hydroxyl groups is 1. The second-order valence-corrected chi connectivity index (χ2v) is 11.3. The number of aromatic amines is 1. The lowest BCUT2D eigenvalue weighted by Gasteiger charge is -2.28. The Hall–Kier alpha value is -3.28. The Bertz CT molecular complexity index is 1500. The molecular formula is C25H28N4O6S. The zero-order valence-electron chi connectivity index (χ0n) is 19.9. The molecule has 11 heteroatoms. The third kappa shape index (κ3) is 4.86. The van der Waals surface area contributed by atoms with Crippen LogP contribution in [0.3, 0.4) is 0 Å². The highest BCUT2D eigenvalue weighted by molar-refractivity contribution is 7.90. The van der Waals surface area contributed by atoms with Gasteiger partial charge in [-0.1, -0.05) is 6.07 Å². The number of rotatable bonds is 4. The highest BCUT2D eigenvalue weighted by Crippen LogP contribution is 2.31. The average molecular weight is 513 g/mol. The summed E-state index contributed by atoms with van der Waals surface area (Å²) in [6, 6.07) is 11.5. The lowest BCUT2D eigenvalue weighted by atomic mass is 9.93. The molecule has 2 fully saturated rings. The predicted octanol–water partition coefficient (Wildman–Crippen LogP) is 1.95. The quantitative estimate of drug-likeness (QED) is 0.549. The van der Waals surface area contributed by atoms with Gasteiger partial charge in [-0.3, -0.25) is 9.59 Å². The van der Waals surface area contributed by atoms with Crippen molar-refractivity contribution in [2.75, 3.05) is 30.9 Å². The molecule has 2 aliphatic rings. The van der Waals surface area contributed by atoms with E-state index in [0.29, 0.717) is 37.1 Å². The molecule has 2 N–H and O–H groups in total. The maximum absolute atomic E-state index is 13.1. The van der Waals surface area contributed by atoms with Crippen molar-refractivity contribution < 1.29 is 27.9 Å². The molecule has 10 nitrogen and oxygen atoms in total. The topological polar surface area (TPSA) is 134 Å². The number of nitrogens with one attached hydrogen (secondary N) is 1. The molecule has 3 aromatic rings.